The molecule has 1 amide bonds. The van der Waals surface area contributed by atoms with E-state index in [9.17, 15) is 4.79 Å². The van der Waals surface area contributed by atoms with E-state index in [0.717, 1.165) is 31.7 Å². The van der Waals surface area contributed by atoms with Crippen LogP contribution in [0, 0.1) is 0 Å². The lowest BCUT2D eigenvalue weighted by atomic mass is 10.2. The fraction of sp³-hybridized carbons (Fsp3) is 0.438. The molecule has 1 N–H and O–H groups in total. The van der Waals surface area contributed by atoms with Crippen LogP contribution in [0.5, 0.6) is 0 Å². The van der Waals surface area contributed by atoms with Gasteiger partial charge in [-0.25, -0.2) is 0 Å². The number of aryl methyl sites for hydroxylation is 1. The maximum Gasteiger partial charge on any atom is 0.274 e. The average Bonchev–Trinajstić information content (AvgIpc) is 3.03. The number of carbonyl (C=O) groups is 1. The summed E-state index contributed by atoms with van der Waals surface area (Å²) in [4.78, 5) is 18.7. The molecule has 0 atom stereocenters. The first-order chi connectivity index (χ1) is 11.3. The minimum Gasteiger partial charge on any atom is -0.378 e. The van der Waals surface area contributed by atoms with Crippen molar-refractivity contribution in [2.45, 2.75) is 19.9 Å². The van der Waals surface area contributed by atoms with E-state index in [2.05, 4.69) is 27.2 Å². The Kier molecular flexibility index (Phi) is 4.87. The fourth-order valence-electron chi connectivity index (χ4n) is 2.54. The van der Waals surface area contributed by atoms with Crippen LogP contribution in [0.25, 0.3) is 0 Å². The number of ether oxygens (including phenoxy) is 1. The summed E-state index contributed by atoms with van der Waals surface area (Å²) < 4.78 is 7.17. The number of rotatable bonds is 5. The summed E-state index contributed by atoms with van der Waals surface area (Å²) in [6, 6.07) is 3.73. The van der Waals surface area contributed by atoms with E-state index in [0.29, 0.717) is 24.6 Å². The lowest BCUT2D eigenvalue weighted by molar-refractivity contribution is 0.102. The molecule has 2 aromatic heterocycles. The highest BCUT2D eigenvalue weighted by atomic mass is 16.5. The van der Waals surface area contributed by atoms with Gasteiger partial charge in [0.05, 0.1) is 25.1 Å². The molecule has 1 fully saturated rings. The smallest absolute Gasteiger partial charge is 0.274 e. The molecule has 0 radical (unpaired) electrons. The van der Waals surface area contributed by atoms with Crippen LogP contribution in [-0.2, 0) is 11.3 Å². The Balaban J connectivity index is 1.68. The first-order valence-corrected chi connectivity index (χ1v) is 7.89. The maximum absolute atomic E-state index is 12.4. The van der Waals surface area contributed by atoms with Gasteiger partial charge in [0.15, 0.2) is 0 Å². The van der Waals surface area contributed by atoms with E-state index >= 15 is 0 Å². The number of amides is 1. The molecule has 1 aliphatic heterocycles. The standard InChI is InChI=1S/C16H21N5O2/c1-2-5-21-12-13(11-18-21)19-16(22)15-10-14(3-4-17-15)20-6-8-23-9-7-20/h3-4,10-12H,2,5-9H2,1H3,(H,19,22). The lowest BCUT2D eigenvalue weighted by Crippen LogP contribution is -2.36. The van der Waals surface area contributed by atoms with Gasteiger partial charge in [0.25, 0.3) is 5.91 Å². The lowest BCUT2D eigenvalue weighted by Gasteiger charge is -2.28. The number of anilines is 2. The van der Waals surface area contributed by atoms with Gasteiger partial charge in [-0.05, 0) is 18.6 Å². The Bertz CT molecular complexity index is 664. The molecule has 0 bridgehead atoms. The first-order valence-electron chi connectivity index (χ1n) is 7.89. The van der Waals surface area contributed by atoms with E-state index in [4.69, 9.17) is 4.74 Å². The molecule has 1 saturated heterocycles. The van der Waals surface area contributed by atoms with Crippen LogP contribution in [0.15, 0.2) is 30.7 Å². The second kappa shape index (κ2) is 7.23. The number of pyridine rings is 1. The third kappa shape index (κ3) is 3.87. The SMILES string of the molecule is CCCn1cc(NC(=O)c2cc(N3CCOCC3)ccn2)cn1. The predicted molar refractivity (Wildman–Crippen MR) is 87.7 cm³/mol. The van der Waals surface area contributed by atoms with E-state index in [1.807, 2.05) is 23.0 Å². The number of aromatic nitrogens is 3. The van der Waals surface area contributed by atoms with Crippen molar-refractivity contribution in [2.75, 3.05) is 36.5 Å². The zero-order valence-corrected chi connectivity index (χ0v) is 13.2. The monoisotopic (exact) mass is 315 g/mol. The van der Waals surface area contributed by atoms with Gasteiger partial charge in [0.2, 0.25) is 0 Å². The molecule has 3 rings (SSSR count). The molecule has 0 aromatic carbocycles. The quantitative estimate of drug-likeness (QED) is 0.910. The van der Waals surface area contributed by atoms with Crippen molar-refractivity contribution in [1.82, 2.24) is 14.8 Å². The highest BCUT2D eigenvalue weighted by molar-refractivity contribution is 6.03. The van der Waals surface area contributed by atoms with Gasteiger partial charge in [-0.1, -0.05) is 6.92 Å². The van der Waals surface area contributed by atoms with Crippen LogP contribution >= 0.6 is 0 Å². The van der Waals surface area contributed by atoms with Gasteiger partial charge in [0, 0.05) is 37.7 Å². The van der Waals surface area contributed by atoms with Crippen LogP contribution < -0.4 is 10.2 Å². The Hall–Kier alpha value is -2.41. The molecule has 7 heteroatoms. The van der Waals surface area contributed by atoms with Gasteiger partial charge in [-0.2, -0.15) is 5.10 Å². The number of hydrogen-bond donors (Lipinski definition) is 1. The third-order valence-electron chi connectivity index (χ3n) is 3.70. The topological polar surface area (TPSA) is 72.3 Å². The molecule has 2 aromatic rings. The number of carbonyl (C=O) groups excluding carboxylic acids is 1. The van der Waals surface area contributed by atoms with E-state index < -0.39 is 0 Å². The Morgan fingerprint density at radius 3 is 3.00 bits per heavy atom. The van der Waals surface area contributed by atoms with Crippen LogP contribution in [0.4, 0.5) is 11.4 Å². The molecule has 1 aliphatic rings. The fourth-order valence-corrected chi connectivity index (χ4v) is 2.54. The molecule has 0 unspecified atom stereocenters. The molecule has 23 heavy (non-hydrogen) atoms. The van der Waals surface area contributed by atoms with Gasteiger partial charge in [-0.15, -0.1) is 0 Å². The van der Waals surface area contributed by atoms with Crippen LogP contribution in [-0.4, -0.2) is 47.0 Å². The van der Waals surface area contributed by atoms with Crippen LogP contribution in [0.3, 0.4) is 0 Å². The minimum atomic E-state index is -0.226. The maximum atomic E-state index is 12.4. The summed E-state index contributed by atoms with van der Waals surface area (Å²) in [7, 11) is 0. The Morgan fingerprint density at radius 2 is 2.22 bits per heavy atom. The molecular weight excluding hydrogens is 294 g/mol. The second-order valence-electron chi connectivity index (χ2n) is 5.44. The van der Waals surface area contributed by atoms with Crippen molar-refractivity contribution in [3.63, 3.8) is 0 Å². The zero-order valence-electron chi connectivity index (χ0n) is 13.2. The van der Waals surface area contributed by atoms with E-state index in [1.165, 1.54) is 0 Å². The van der Waals surface area contributed by atoms with Gasteiger partial charge < -0.3 is 15.0 Å². The van der Waals surface area contributed by atoms with E-state index in [-0.39, 0.29) is 5.91 Å². The van der Waals surface area contributed by atoms with Crippen molar-refractivity contribution in [3.05, 3.63) is 36.4 Å². The highest BCUT2D eigenvalue weighted by Gasteiger charge is 2.14. The molecule has 7 nitrogen and oxygen atoms in total. The number of morpholine rings is 1. The van der Waals surface area contributed by atoms with Crippen molar-refractivity contribution in [3.8, 4) is 0 Å². The van der Waals surface area contributed by atoms with Crippen molar-refractivity contribution < 1.29 is 9.53 Å². The summed E-state index contributed by atoms with van der Waals surface area (Å²) in [5.74, 6) is -0.226. The van der Waals surface area contributed by atoms with Crippen molar-refractivity contribution in [2.24, 2.45) is 0 Å². The zero-order chi connectivity index (χ0) is 16.1. The number of hydrogen-bond acceptors (Lipinski definition) is 5. The molecule has 0 spiro atoms. The molecule has 0 saturated carbocycles. The van der Waals surface area contributed by atoms with Crippen molar-refractivity contribution >= 4 is 17.3 Å². The summed E-state index contributed by atoms with van der Waals surface area (Å²) in [5, 5.41) is 7.04. The predicted octanol–water partition coefficient (Wildman–Crippen LogP) is 1.78. The summed E-state index contributed by atoms with van der Waals surface area (Å²) in [6.07, 6.45) is 6.14. The van der Waals surface area contributed by atoms with Gasteiger partial charge in [-0.3, -0.25) is 14.5 Å². The van der Waals surface area contributed by atoms with Crippen LogP contribution in [0.1, 0.15) is 23.8 Å². The molecule has 122 valence electrons. The van der Waals surface area contributed by atoms with Gasteiger partial charge >= 0.3 is 0 Å². The average molecular weight is 315 g/mol. The largest absolute Gasteiger partial charge is 0.378 e. The third-order valence-corrected chi connectivity index (χ3v) is 3.70. The van der Waals surface area contributed by atoms with Crippen LogP contribution in [0.2, 0.25) is 0 Å². The normalized spacial score (nSPS) is 14.7. The van der Waals surface area contributed by atoms with E-state index in [1.54, 1.807) is 12.4 Å². The first kappa shape index (κ1) is 15.5. The molecule has 3 heterocycles. The van der Waals surface area contributed by atoms with Gasteiger partial charge in [0.1, 0.15) is 5.69 Å². The summed E-state index contributed by atoms with van der Waals surface area (Å²) in [5.41, 5.74) is 2.08. The second-order valence-corrected chi connectivity index (χ2v) is 5.44. The Morgan fingerprint density at radius 1 is 1.39 bits per heavy atom. The minimum absolute atomic E-state index is 0.226. The Labute approximate surface area is 135 Å². The number of nitrogens with zero attached hydrogens (tertiary/aromatic N) is 4. The molecule has 0 aliphatic carbocycles. The highest BCUT2D eigenvalue weighted by Crippen LogP contribution is 2.17. The van der Waals surface area contributed by atoms with Crippen molar-refractivity contribution in [1.29, 1.82) is 0 Å². The summed E-state index contributed by atoms with van der Waals surface area (Å²) >= 11 is 0. The summed E-state index contributed by atoms with van der Waals surface area (Å²) in [6.45, 7) is 5.99. The molecular formula is C16H21N5O2. The number of nitrogens with one attached hydrogen (secondary N) is 1.